The van der Waals surface area contributed by atoms with Crippen LogP contribution in [0.5, 0.6) is 0 Å². The van der Waals surface area contributed by atoms with Crippen molar-refractivity contribution in [2.75, 3.05) is 0 Å². The summed E-state index contributed by atoms with van der Waals surface area (Å²) in [6.07, 6.45) is 5.33. The second-order valence-electron chi connectivity index (χ2n) is 3.33. The molecule has 0 bridgehead atoms. The predicted molar refractivity (Wildman–Crippen MR) is 41.2 cm³/mol. The highest BCUT2D eigenvalue weighted by atomic mass is 16.3. The quantitative estimate of drug-likeness (QED) is 0.700. The van der Waals surface area contributed by atoms with Gasteiger partial charge in [-0.1, -0.05) is 0 Å². The Kier molecular flexibility index (Phi) is 1.50. The van der Waals surface area contributed by atoms with E-state index in [1.165, 1.54) is 0 Å². The van der Waals surface area contributed by atoms with E-state index in [9.17, 15) is 5.11 Å². The number of aliphatic hydroxyl groups is 1. The second-order valence-corrected chi connectivity index (χ2v) is 3.33. The lowest BCUT2D eigenvalue weighted by atomic mass is 9.77. The van der Waals surface area contributed by atoms with Crippen molar-refractivity contribution >= 4 is 0 Å². The van der Waals surface area contributed by atoms with Crippen LogP contribution in [0.3, 0.4) is 0 Å². The van der Waals surface area contributed by atoms with Crippen LogP contribution < -0.4 is 0 Å². The Bertz CT molecular complexity index is 222. The standard InChI is InChI=1S/C9H12O2/c10-9(4-2-5-9)7-8-3-1-6-11-8/h1,3,6,10H,2,4-5,7H2. The van der Waals surface area contributed by atoms with Crippen LogP contribution in [-0.4, -0.2) is 10.7 Å². The van der Waals surface area contributed by atoms with Gasteiger partial charge in [0.1, 0.15) is 5.76 Å². The fourth-order valence-corrected chi connectivity index (χ4v) is 1.50. The van der Waals surface area contributed by atoms with Gasteiger partial charge in [0.2, 0.25) is 0 Å². The van der Waals surface area contributed by atoms with Crippen LogP contribution in [0.1, 0.15) is 25.0 Å². The van der Waals surface area contributed by atoms with E-state index < -0.39 is 5.60 Å². The number of hydrogen-bond acceptors (Lipinski definition) is 2. The maximum atomic E-state index is 9.72. The third-order valence-electron chi connectivity index (χ3n) is 2.37. The minimum absolute atomic E-state index is 0.447. The Labute approximate surface area is 65.8 Å². The average molecular weight is 152 g/mol. The first-order chi connectivity index (χ1) is 5.29. The lowest BCUT2D eigenvalue weighted by Gasteiger charge is -2.35. The molecule has 2 heteroatoms. The lowest BCUT2D eigenvalue weighted by Crippen LogP contribution is -2.38. The minimum Gasteiger partial charge on any atom is -0.469 e. The van der Waals surface area contributed by atoms with Gasteiger partial charge < -0.3 is 9.52 Å². The van der Waals surface area contributed by atoms with Crippen molar-refractivity contribution in [3.8, 4) is 0 Å². The van der Waals surface area contributed by atoms with Crippen LogP contribution in [0.4, 0.5) is 0 Å². The van der Waals surface area contributed by atoms with E-state index in [0.29, 0.717) is 6.42 Å². The third kappa shape index (κ3) is 1.31. The summed E-state index contributed by atoms with van der Waals surface area (Å²) in [5, 5.41) is 9.72. The molecule has 1 aromatic rings. The number of furan rings is 1. The van der Waals surface area contributed by atoms with Crippen molar-refractivity contribution in [1.82, 2.24) is 0 Å². The van der Waals surface area contributed by atoms with Crippen molar-refractivity contribution in [2.45, 2.75) is 31.3 Å². The summed E-state index contributed by atoms with van der Waals surface area (Å²) < 4.78 is 5.15. The van der Waals surface area contributed by atoms with Gasteiger partial charge in [-0.3, -0.25) is 0 Å². The maximum Gasteiger partial charge on any atom is 0.106 e. The molecule has 1 fully saturated rings. The molecule has 11 heavy (non-hydrogen) atoms. The summed E-state index contributed by atoms with van der Waals surface area (Å²) in [7, 11) is 0. The first-order valence-electron chi connectivity index (χ1n) is 4.03. The molecule has 0 atom stereocenters. The Morgan fingerprint density at radius 3 is 2.82 bits per heavy atom. The zero-order valence-corrected chi connectivity index (χ0v) is 6.42. The molecule has 1 heterocycles. The number of rotatable bonds is 2. The van der Waals surface area contributed by atoms with E-state index in [4.69, 9.17) is 4.42 Å². The number of hydrogen-bond donors (Lipinski definition) is 1. The fourth-order valence-electron chi connectivity index (χ4n) is 1.50. The zero-order chi connectivity index (χ0) is 7.73. The summed E-state index contributed by atoms with van der Waals surface area (Å²) in [5.74, 6) is 0.896. The lowest BCUT2D eigenvalue weighted by molar-refractivity contribution is -0.0359. The molecule has 0 saturated heterocycles. The van der Waals surface area contributed by atoms with Crippen LogP contribution in [0.25, 0.3) is 0 Å². The molecular weight excluding hydrogens is 140 g/mol. The molecule has 2 nitrogen and oxygen atoms in total. The molecule has 0 unspecified atom stereocenters. The van der Waals surface area contributed by atoms with Gasteiger partial charge in [0, 0.05) is 6.42 Å². The normalized spacial score (nSPS) is 21.2. The largest absolute Gasteiger partial charge is 0.469 e. The van der Waals surface area contributed by atoms with Crippen LogP contribution >= 0.6 is 0 Å². The molecule has 1 N–H and O–H groups in total. The van der Waals surface area contributed by atoms with E-state index in [1.54, 1.807) is 6.26 Å². The molecule has 0 spiro atoms. The third-order valence-corrected chi connectivity index (χ3v) is 2.37. The van der Waals surface area contributed by atoms with Crippen LogP contribution in [0, 0.1) is 0 Å². The van der Waals surface area contributed by atoms with Crippen molar-refractivity contribution in [3.05, 3.63) is 24.2 Å². The van der Waals surface area contributed by atoms with Crippen LogP contribution in [0.2, 0.25) is 0 Å². The van der Waals surface area contributed by atoms with E-state index in [0.717, 1.165) is 25.0 Å². The van der Waals surface area contributed by atoms with Crippen molar-refractivity contribution < 1.29 is 9.52 Å². The first-order valence-corrected chi connectivity index (χ1v) is 4.03. The summed E-state index contributed by atoms with van der Waals surface area (Å²) in [4.78, 5) is 0. The zero-order valence-electron chi connectivity index (χ0n) is 6.42. The van der Waals surface area contributed by atoms with Gasteiger partial charge >= 0.3 is 0 Å². The highest BCUT2D eigenvalue weighted by Crippen LogP contribution is 2.34. The van der Waals surface area contributed by atoms with E-state index in [2.05, 4.69) is 0 Å². The van der Waals surface area contributed by atoms with Gasteiger partial charge in [0.25, 0.3) is 0 Å². The molecule has 0 aliphatic heterocycles. The summed E-state index contributed by atoms with van der Waals surface area (Å²) in [6, 6.07) is 3.77. The smallest absolute Gasteiger partial charge is 0.106 e. The predicted octanol–water partition coefficient (Wildman–Crippen LogP) is 1.74. The monoisotopic (exact) mass is 152 g/mol. The molecule has 60 valence electrons. The van der Waals surface area contributed by atoms with E-state index in [1.807, 2.05) is 12.1 Å². The summed E-state index contributed by atoms with van der Waals surface area (Å²) in [5.41, 5.74) is -0.447. The fraction of sp³-hybridized carbons (Fsp3) is 0.556. The Balaban J connectivity index is 2.00. The topological polar surface area (TPSA) is 33.4 Å². The van der Waals surface area contributed by atoms with Gasteiger partial charge in [-0.2, -0.15) is 0 Å². The van der Waals surface area contributed by atoms with Gasteiger partial charge in [-0.05, 0) is 31.4 Å². The van der Waals surface area contributed by atoms with Gasteiger partial charge in [-0.15, -0.1) is 0 Å². The molecule has 1 aliphatic carbocycles. The SMILES string of the molecule is OC1(Cc2ccco2)CCC1. The maximum absolute atomic E-state index is 9.72. The molecular formula is C9H12O2. The van der Waals surface area contributed by atoms with Gasteiger partial charge in [0.05, 0.1) is 11.9 Å². The van der Waals surface area contributed by atoms with Crippen LogP contribution in [-0.2, 0) is 6.42 Å². The van der Waals surface area contributed by atoms with E-state index >= 15 is 0 Å². The Morgan fingerprint density at radius 1 is 1.55 bits per heavy atom. The molecule has 1 saturated carbocycles. The molecule has 0 aromatic carbocycles. The molecule has 1 aliphatic rings. The highest BCUT2D eigenvalue weighted by Gasteiger charge is 2.35. The van der Waals surface area contributed by atoms with Crippen molar-refractivity contribution in [3.63, 3.8) is 0 Å². The highest BCUT2D eigenvalue weighted by molar-refractivity contribution is 5.05. The minimum atomic E-state index is -0.447. The second kappa shape index (κ2) is 2.38. The first kappa shape index (κ1) is 6.92. The van der Waals surface area contributed by atoms with Gasteiger partial charge in [0.15, 0.2) is 0 Å². The molecule has 1 aromatic heterocycles. The van der Waals surface area contributed by atoms with E-state index in [-0.39, 0.29) is 0 Å². The van der Waals surface area contributed by atoms with Crippen LogP contribution in [0.15, 0.2) is 22.8 Å². The summed E-state index contributed by atoms with van der Waals surface area (Å²) in [6.45, 7) is 0. The molecule has 2 rings (SSSR count). The van der Waals surface area contributed by atoms with Crippen molar-refractivity contribution in [2.24, 2.45) is 0 Å². The van der Waals surface area contributed by atoms with Crippen molar-refractivity contribution in [1.29, 1.82) is 0 Å². The molecule has 0 amide bonds. The average Bonchev–Trinajstić information content (AvgIpc) is 2.36. The Morgan fingerprint density at radius 2 is 2.36 bits per heavy atom. The Hall–Kier alpha value is -0.760. The molecule has 0 radical (unpaired) electrons. The van der Waals surface area contributed by atoms with Gasteiger partial charge in [-0.25, -0.2) is 0 Å². The summed E-state index contributed by atoms with van der Waals surface area (Å²) >= 11 is 0.